The van der Waals surface area contributed by atoms with Crippen LogP contribution in [0.4, 0.5) is 0 Å². The van der Waals surface area contributed by atoms with Gasteiger partial charge in [-0.3, -0.25) is 0 Å². The zero-order chi connectivity index (χ0) is 21.5. The summed E-state index contributed by atoms with van der Waals surface area (Å²) >= 11 is 0. The molecule has 0 aromatic carbocycles. The van der Waals surface area contributed by atoms with Crippen LogP contribution >= 0.6 is 0 Å². The normalized spacial score (nSPS) is 33.0. The second-order valence-electron chi connectivity index (χ2n) is 11.6. The van der Waals surface area contributed by atoms with E-state index in [2.05, 4.69) is 48.5 Å². The lowest BCUT2D eigenvalue weighted by Crippen LogP contribution is -2.38. The topological polar surface area (TPSA) is 49.7 Å². The van der Waals surface area contributed by atoms with Crippen molar-refractivity contribution in [2.45, 2.75) is 125 Å². The van der Waals surface area contributed by atoms with Gasteiger partial charge in [-0.25, -0.2) is 0 Å². The van der Waals surface area contributed by atoms with Crippen molar-refractivity contribution < 1.29 is 14.9 Å². The van der Waals surface area contributed by atoms with E-state index in [0.717, 1.165) is 18.8 Å². The number of ether oxygens (including phenoxy) is 1. The van der Waals surface area contributed by atoms with Crippen LogP contribution in [0.1, 0.15) is 107 Å². The number of aliphatic hydroxyl groups is 2. The van der Waals surface area contributed by atoms with E-state index in [1.54, 1.807) is 0 Å². The molecule has 2 aliphatic carbocycles. The van der Waals surface area contributed by atoms with Gasteiger partial charge in [0.1, 0.15) is 0 Å². The Hall–Kier alpha value is -0.120. The van der Waals surface area contributed by atoms with Crippen LogP contribution in [-0.4, -0.2) is 35.1 Å². The molecule has 168 valence electrons. The van der Waals surface area contributed by atoms with Crippen LogP contribution in [-0.2, 0) is 4.74 Å². The Kier molecular flexibility index (Phi) is 10.5. The minimum absolute atomic E-state index is 0.0544. The van der Waals surface area contributed by atoms with Crippen molar-refractivity contribution in [1.29, 1.82) is 0 Å². The molecule has 0 bridgehead atoms. The summed E-state index contributed by atoms with van der Waals surface area (Å²) < 4.78 is 5.92. The fourth-order valence-corrected chi connectivity index (χ4v) is 4.94. The van der Waals surface area contributed by atoms with Crippen LogP contribution in [0.25, 0.3) is 0 Å². The van der Waals surface area contributed by atoms with Crippen LogP contribution in [0.15, 0.2) is 0 Å². The molecule has 2 saturated carbocycles. The molecule has 3 heteroatoms. The molecule has 28 heavy (non-hydrogen) atoms. The second-order valence-corrected chi connectivity index (χ2v) is 11.6. The Morgan fingerprint density at radius 3 is 1.96 bits per heavy atom. The quantitative estimate of drug-likeness (QED) is 0.592. The summed E-state index contributed by atoms with van der Waals surface area (Å²) in [7, 11) is 0. The van der Waals surface area contributed by atoms with E-state index in [0.29, 0.717) is 30.0 Å². The number of aliphatic hydroxyl groups excluding tert-OH is 2. The summed E-state index contributed by atoms with van der Waals surface area (Å²) in [6.45, 7) is 18.4. The Morgan fingerprint density at radius 2 is 1.46 bits per heavy atom. The van der Waals surface area contributed by atoms with Gasteiger partial charge in [-0.2, -0.15) is 0 Å². The molecular weight excluding hydrogens is 348 g/mol. The van der Waals surface area contributed by atoms with E-state index in [-0.39, 0.29) is 17.6 Å². The van der Waals surface area contributed by atoms with Crippen LogP contribution in [0.5, 0.6) is 0 Å². The van der Waals surface area contributed by atoms with Crippen LogP contribution < -0.4 is 0 Å². The summed E-state index contributed by atoms with van der Waals surface area (Å²) in [6.07, 6.45) is 9.25. The lowest BCUT2D eigenvalue weighted by Gasteiger charge is -2.40. The average Bonchev–Trinajstić information content (AvgIpc) is 2.60. The first kappa shape index (κ1) is 25.9. The molecule has 0 radical (unpaired) electrons. The smallest absolute Gasteiger partial charge is 0.0771 e. The molecule has 0 spiro atoms. The molecule has 2 fully saturated rings. The summed E-state index contributed by atoms with van der Waals surface area (Å²) in [5.41, 5.74) is 0.594. The Morgan fingerprint density at radius 1 is 0.893 bits per heavy atom. The Balaban J connectivity index is 0.000000292. The third-order valence-corrected chi connectivity index (χ3v) is 6.98. The molecule has 0 aliphatic heterocycles. The first-order valence-electron chi connectivity index (χ1n) is 11.8. The van der Waals surface area contributed by atoms with E-state index in [1.165, 1.54) is 38.5 Å². The van der Waals surface area contributed by atoms with Gasteiger partial charge in [0.05, 0.1) is 24.9 Å². The molecule has 0 aromatic rings. The largest absolute Gasteiger partial charge is 0.393 e. The van der Waals surface area contributed by atoms with Crippen molar-refractivity contribution in [1.82, 2.24) is 0 Å². The van der Waals surface area contributed by atoms with Gasteiger partial charge in [-0.1, -0.05) is 68.2 Å². The van der Waals surface area contributed by atoms with Gasteiger partial charge in [0.25, 0.3) is 0 Å². The third kappa shape index (κ3) is 8.71. The Labute approximate surface area is 175 Å². The van der Waals surface area contributed by atoms with Crippen LogP contribution in [0.3, 0.4) is 0 Å². The molecule has 0 aromatic heterocycles. The minimum Gasteiger partial charge on any atom is -0.393 e. The zero-order valence-electron chi connectivity index (χ0n) is 20.1. The summed E-state index contributed by atoms with van der Waals surface area (Å²) in [6, 6.07) is 0. The van der Waals surface area contributed by atoms with Gasteiger partial charge in [-0.15, -0.1) is 0 Å². The molecule has 0 amide bonds. The maximum absolute atomic E-state index is 9.82. The molecule has 0 saturated heterocycles. The molecular formula is C25H50O3. The van der Waals surface area contributed by atoms with Gasteiger partial charge in [0.2, 0.25) is 0 Å². The number of hydrogen-bond donors (Lipinski definition) is 2. The first-order valence-corrected chi connectivity index (χ1v) is 11.8. The molecule has 2 rings (SSSR count). The Bertz CT molecular complexity index is 420. The van der Waals surface area contributed by atoms with Crippen molar-refractivity contribution in [3.05, 3.63) is 0 Å². The second kappa shape index (κ2) is 11.3. The fourth-order valence-electron chi connectivity index (χ4n) is 4.94. The number of hydrogen-bond acceptors (Lipinski definition) is 3. The lowest BCUT2D eigenvalue weighted by atomic mass is 9.68. The van der Waals surface area contributed by atoms with Crippen LogP contribution in [0.2, 0.25) is 0 Å². The maximum atomic E-state index is 9.82. The molecule has 2 aliphatic rings. The molecule has 0 heterocycles. The number of rotatable bonds is 4. The van der Waals surface area contributed by atoms with Crippen molar-refractivity contribution in [3.8, 4) is 0 Å². The van der Waals surface area contributed by atoms with Crippen molar-refractivity contribution >= 4 is 0 Å². The highest BCUT2D eigenvalue weighted by Gasteiger charge is 2.36. The SMILES string of the molecule is CC1CCC(O)C(C(C)(C)C)C1.CCC(O)COC1CCCCC1C(C)(C)C. The molecule has 6 unspecified atom stereocenters. The van der Waals surface area contributed by atoms with Gasteiger partial charge in [-0.05, 0) is 67.1 Å². The molecule has 6 atom stereocenters. The van der Waals surface area contributed by atoms with Gasteiger partial charge in [0, 0.05) is 0 Å². The standard InChI is InChI=1S/C14H28O2.C11H22O/c1-5-11(15)10-16-13-9-7-6-8-12(13)14(2,3)4;1-8-5-6-10(12)9(7-8)11(2,3)4/h11-13,15H,5-10H2,1-4H3;8-10,12H,5-7H2,1-4H3. The maximum Gasteiger partial charge on any atom is 0.0771 e. The molecule has 3 nitrogen and oxygen atoms in total. The van der Waals surface area contributed by atoms with E-state index in [1.807, 2.05) is 6.92 Å². The average molecular weight is 399 g/mol. The zero-order valence-corrected chi connectivity index (χ0v) is 20.1. The van der Waals surface area contributed by atoms with E-state index in [9.17, 15) is 10.2 Å². The highest BCUT2D eigenvalue weighted by atomic mass is 16.5. The molecule has 2 N–H and O–H groups in total. The van der Waals surface area contributed by atoms with E-state index < -0.39 is 0 Å². The fraction of sp³-hybridized carbons (Fsp3) is 1.00. The van der Waals surface area contributed by atoms with Gasteiger partial charge < -0.3 is 14.9 Å². The summed E-state index contributed by atoms with van der Waals surface area (Å²) in [5.74, 6) is 1.95. The minimum atomic E-state index is -0.289. The predicted octanol–water partition coefficient (Wildman–Crippen LogP) is 6.21. The van der Waals surface area contributed by atoms with Crippen molar-refractivity contribution in [3.63, 3.8) is 0 Å². The summed E-state index contributed by atoms with van der Waals surface area (Å²) in [5, 5.41) is 19.4. The van der Waals surface area contributed by atoms with Crippen molar-refractivity contribution in [2.24, 2.45) is 28.6 Å². The predicted molar refractivity (Wildman–Crippen MR) is 119 cm³/mol. The third-order valence-electron chi connectivity index (χ3n) is 6.98. The van der Waals surface area contributed by atoms with Gasteiger partial charge >= 0.3 is 0 Å². The lowest BCUT2D eigenvalue weighted by molar-refractivity contribution is -0.0756. The van der Waals surface area contributed by atoms with E-state index in [4.69, 9.17) is 4.74 Å². The van der Waals surface area contributed by atoms with Crippen molar-refractivity contribution in [2.75, 3.05) is 6.61 Å². The van der Waals surface area contributed by atoms with Crippen LogP contribution in [0, 0.1) is 28.6 Å². The summed E-state index contributed by atoms with van der Waals surface area (Å²) in [4.78, 5) is 0. The first-order chi connectivity index (χ1) is 12.9. The highest BCUT2D eigenvalue weighted by molar-refractivity contribution is 4.86. The highest BCUT2D eigenvalue weighted by Crippen LogP contribution is 2.40. The van der Waals surface area contributed by atoms with Gasteiger partial charge in [0.15, 0.2) is 0 Å². The van der Waals surface area contributed by atoms with E-state index >= 15 is 0 Å². The monoisotopic (exact) mass is 398 g/mol.